The third-order valence-corrected chi connectivity index (χ3v) is 3.36. The highest BCUT2D eigenvalue weighted by atomic mass is 35.5. The van der Waals surface area contributed by atoms with Crippen molar-refractivity contribution in [2.45, 2.75) is 13.5 Å². The second kappa shape index (κ2) is 4.00. The largest absolute Gasteiger partial charge is 0.495 e. The van der Waals surface area contributed by atoms with Gasteiger partial charge in [0.1, 0.15) is 5.75 Å². The van der Waals surface area contributed by atoms with Crippen LogP contribution in [0.2, 0.25) is 5.02 Å². The molecule has 0 aliphatic rings. The van der Waals surface area contributed by atoms with Crippen LogP contribution in [-0.2, 0) is 13.6 Å². The Balaban J connectivity index is 2.83. The number of ether oxygens (including phenoxy) is 1. The fourth-order valence-corrected chi connectivity index (χ4v) is 2.35. The lowest BCUT2D eigenvalue weighted by Crippen LogP contribution is -2.04. The molecule has 16 heavy (non-hydrogen) atoms. The molecule has 0 saturated heterocycles. The van der Waals surface area contributed by atoms with Gasteiger partial charge in [0.05, 0.1) is 17.6 Å². The summed E-state index contributed by atoms with van der Waals surface area (Å²) in [6, 6.07) is 3.88. The molecule has 0 aliphatic heterocycles. The molecule has 0 atom stereocenters. The first kappa shape index (κ1) is 11.3. The number of halogens is 1. The summed E-state index contributed by atoms with van der Waals surface area (Å²) in [5, 5.41) is 1.77. The number of hydrogen-bond donors (Lipinski definition) is 1. The van der Waals surface area contributed by atoms with Gasteiger partial charge in [0.2, 0.25) is 0 Å². The van der Waals surface area contributed by atoms with E-state index in [2.05, 4.69) is 11.5 Å². The van der Waals surface area contributed by atoms with Crippen molar-refractivity contribution >= 4 is 22.5 Å². The van der Waals surface area contributed by atoms with Crippen LogP contribution in [0.4, 0.5) is 0 Å². The van der Waals surface area contributed by atoms with Gasteiger partial charge in [-0.05, 0) is 24.6 Å². The third kappa shape index (κ3) is 1.47. The van der Waals surface area contributed by atoms with Crippen molar-refractivity contribution in [3.8, 4) is 5.75 Å². The highest BCUT2D eigenvalue weighted by Gasteiger charge is 2.13. The molecular weight excluding hydrogens is 224 g/mol. The van der Waals surface area contributed by atoms with E-state index in [0.29, 0.717) is 17.3 Å². The molecule has 2 N–H and O–H groups in total. The van der Waals surface area contributed by atoms with Crippen LogP contribution in [-0.4, -0.2) is 11.7 Å². The Labute approximate surface area is 99.7 Å². The zero-order valence-corrected chi connectivity index (χ0v) is 10.4. The molecule has 0 bridgehead atoms. The first-order valence-corrected chi connectivity index (χ1v) is 5.49. The van der Waals surface area contributed by atoms with Gasteiger partial charge in [-0.15, -0.1) is 0 Å². The van der Waals surface area contributed by atoms with Crippen molar-refractivity contribution in [3.05, 3.63) is 28.4 Å². The summed E-state index contributed by atoms with van der Waals surface area (Å²) in [4.78, 5) is 0. The Morgan fingerprint density at radius 3 is 2.69 bits per heavy atom. The monoisotopic (exact) mass is 238 g/mol. The lowest BCUT2D eigenvalue weighted by atomic mass is 10.1. The number of aryl methyl sites for hydroxylation is 2. The second-order valence-electron chi connectivity index (χ2n) is 3.84. The number of nitrogens with zero attached hydrogens (tertiary/aromatic N) is 1. The Morgan fingerprint density at radius 1 is 1.44 bits per heavy atom. The summed E-state index contributed by atoms with van der Waals surface area (Å²) in [6.45, 7) is 2.59. The van der Waals surface area contributed by atoms with Gasteiger partial charge in [-0.25, -0.2) is 0 Å². The molecule has 2 rings (SSSR count). The number of methoxy groups -OCH3 is 1. The fraction of sp³-hybridized carbons (Fsp3) is 0.333. The van der Waals surface area contributed by atoms with Crippen LogP contribution < -0.4 is 10.5 Å². The van der Waals surface area contributed by atoms with E-state index >= 15 is 0 Å². The van der Waals surface area contributed by atoms with Crippen LogP contribution in [0.1, 0.15) is 11.3 Å². The molecule has 1 aromatic heterocycles. The predicted octanol–water partition coefficient (Wildman–Crippen LogP) is 2.61. The van der Waals surface area contributed by atoms with E-state index in [1.165, 1.54) is 5.56 Å². The Hall–Kier alpha value is -1.19. The van der Waals surface area contributed by atoms with E-state index in [1.807, 2.05) is 19.2 Å². The van der Waals surface area contributed by atoms with Crippen LogP contribution >= 0.6 is 11.6 Å². The minimum absolute atomic E-state index is 0.525. The molecule has 3 nitrogen and oxygen atoms in total. The second-order valence-corrected chi connectivity index (χ2v) is 4.25. The number of benzene rings is 1. The van der Waals surface area contributed by atoms with Gasteiger partial charge in [-0.2, -0.15) is 0 Å². The molecule has 0 unspecified atom stereocenters. The van der Waals surface area contributed by atoms with Crippen molar-refractivity contribution < 1.29 is 4.74 Å². The van der Waals surface area contributed by atoms with E-state index < -0.39 is 0 Å². The molecule has 1 aromatic carbocycles. The zero-order valence-electron chi connectivity index (χ0n) is 9.67. The molecule has 86 valence electrons. The molecule has 0 spiro atoms. The fourth-order valence-electron chi connectivity index (χ4n) is 2.12. The molecule has 1 heterocycles. The highest BCUT2D eigenvalue weighted by molar-refractivity contribution is 6.32. The summed E-state index contributed by atoms with van der Waals surface area (Å²) in [5.41, 5.74) is 9.14. The van der Waals surface area contributed by atoms with Crippen LogP contribution in [0.15, 0.2) is 12.1 Å². The number of fused-ring (bicyclic) bond motifs is 1. The number of rotatable bonds is 2. The van der Waals surface area contributed by atoms with Crippen LogP contribution in [0.3, 0.4) is 0 Å². The van der Waals surface area contributed by atoms with E-state index in [1.54, 1.807) is 7.11 Å². The minimum atomic E-state index is 0.525. The van der Waals surface area contributed by atoms with Crippen molar-refractivity contribution in [2.24, 2.45) is 12.8 Å². The SMILES string of the molecule is COc1cc2c(C)c(CN)n(C)c2cc1Cl. The van der Waals surface area contributed by atoms with Crippen molar-refractivity contribution in [2.75, 3.05) is 7.11 Å². The summed E-state index contributed by atoms with van der Waals surface area (Å²) >= 11 is 6.11. The van der Waals surface area contributed by atoms with Crippen LogP contribution in [0.25, 0.3) is 10.9 Å². The Kier molecular flexibility index (Phi) is 2.82. The van der Waals surface area contributed by atoms with Crippen LogP contribution in [0, 0.1) is 6.92 Å². The molecular formula is C12H15ClN2O. The summed E-state index contributed by atoms with van der Waals surface area (Å²) in [7, 11) is 3.62. The van der Waals surface area contributed by atoms with Gasteiger partial charge >= 0.3 is 0 Å². The molecule has 0 fully saturated rings. The van der Waals surface area contributed by atoms with Gasteiger partial charge in [0.25, 0.3) is 0 Å². The van der Waals surface area contributed by atoms with Crippen molar-refractivity contribution in [1.82, 2.24) is 4.57 Å². The predicted molar refractivity (Wildman–Crippen MR) is 67.1 cm³/mol. The maximum absolute atomic E-state index is 6.11. The molecule has 0 aliphatic carbocycles. The van der Waals surface area contributed by atoms with Crippen LogP contribution in [0.5, 0.6) is 5.75 Å². The lowest BCUT2D eigenvalue weighted by Gasteiger charge is -2.04. The standard InChI is InChI=1S/C12H15ClN2O/c1-7-8-4-12(16-3)9(13)5-10(8)15(2)11(7)6-14/h4-5H,6,14H2,1-3H3. The summed E-state index contributed by atoms with van der Waals surface area (Å²) in [5.74, 6) is 0.700. The van der Waals surface area contributed by atoms with Gasteiger partial charge in [0.15, 0.2) is 0 Å². The number of aromatic nitrogens is 1. The van der Waals surface area contributed by atoms with E-state index in [-0.39, 0.29) is 0 Å². The molecule has 0 radical (unpaired) electrons. The number of hydrogen-bond acceptors (Lipinski definition) is 2. The Morgan fingerprint density at radius 2 is 2.12 bits per heavy atom. The van der Waals surface area contributed by atoms with Crippen molar-refractivity contribution in [1.29, 1.82) is 0 Å². The summed E-state index contributed by atoms with van der Waals surface area (Å²) in [6.07, 6.45) is 0. The molecule has 0 saturated carbocycles. The maximum Gasteiger partial charge on any atom is 0.138 e. The third-order valence-electron chi connectivity index (χ3n) is 3.07. The maximum atomic E-state index is 6.11. The topological polar surface area (TPSA) is 40.2 Å². The highest BCUT2D eigenvalue weighted by Crippen LogP contribution is 2.33. The average molecular weight is 239 g/mol. The Bertz CT molecular complexity index is 546. The van der Waals surface area contributed by atoms with E-state index in [0.717, 1.165) is 16.6 Å². The van der Waals surface area contributed by atoms with Gasteiger partial charge in [0, 0.05) is 24.7 Å². The first-order chi connectivity index (χ1) is 7.60. The lowest BCUT2D eigenvalue weighted by molar-refractivity contribution is 0.415. The molecule has 4 heteroatoms. The van der Waals surface area contributed by atoms with Gasteiger partial charge < -0.3 is 15.0 Å². The quantitative estimate of drug-likeness (QED) is 0.874. The first-order valence-electron chi connectivity index (χ1n) is 5.11. The average Bonchev–Trinajstić information content (AvgIpc) is 2.50. The minimum Gasteiger partial charge on any atom is -0.495 e. The molecule has 2 aromatic rings. The van der Waals surface area contributed by atoms with Gasteiger partial charge in [-0.1, -0.05) is 11.6 Å². The van der Waals surface area contributed by atoms with Crippen molar-refractivity contribution in [3.63, 3.8) is 0 Å². The van der Waals surface area contributed by atoms with Gasteiger partial charge in [-0.3, -0.25) is 0 Å². The number of nitrogens with two attached hydrogens (primary N) is 1. The summed E-state index contributed by atoms with van der Waals surface area (Å²) < 4.78 is 7.30. The smallest absolute Gasteiger partial charge is 0.138 e. The normalized spacial score (nSPS) is 11.1. The molecule has 0 amide bonds. The van der Waals surface area contributed by atoms with E-state index in [4.69, 9.17) is 22.1 Å². The van der Waals surface area contributed by atoms with E-state index in [9.17, 15) is 0 Å². The zero-order chi connectivity index (χ0) is 11.9.